The molecule has 27 heavy (non-hydrogen) atoms. The van der Waals surface area contributed by atoms with E-state index >= 15 is 0 Å². The Labute approximate surface area is 157 Å². The maximum atomic E-state index is 14.4. The molecule has 0 aliphatic carbocycles. The summed E-state index contributed by atoms with van der Waals surface area (Å²) in [5.74, 6) is 0.800. The lowest BCUT2D eigenvalue weighted by molar-refractivity contribution is 0.00749. The number of rotatable bonds is 5. The lowest BCUT2D eigenvalue weighted by Crippen LogP contribution is -2.25. The van der Waals surface area contributed by atoms with Crippen molar-refractivity contribution in [2.75, 3.05) is 13.1 Å². The van der Waals surface area contributed by atoms with Gasteiger partial charge in [0.1, 0.15) is 24.7 Å². The molecule has 1 aromatic heterocycles. The van der Waals surface area contributed by atoms with E-state index in [2.05, 4.69) is 11.1 Å². The van der Waals surface area contributed by atoms with E-state index in [4.69, 9.17) is 10.00 Å². The van der Waals surface area contributed by atoms with Crippen LogP contribution in [-0.4, -0.2) is 39.8 Å². The SMILES string of the molecule is Cn1c(CO[C@H]2CN(Cc3ccc(C#N)cc3)C[C@H]2F)nc2ccccc21. The normalized spacial score (nSPS) is 20.2. The second-order valence-corrected chi connectivity index (χ2v) is 6.94. The van der Waals surface area contributed by atoms with Crippen molar-refractivity contribution in [2.45, 2.75) is 25.4 Å². The van der Waals surface area contributed by atoms with E-state index in [0.717, 1.165) is 22.4 Å². The Morgan fingerprint density at radius 2 is 1.96 bits per heavy atom. The summed E-state index contributed by atoms with van der Waals surface area (Å²) in [6.07, 6.45) is -1.47. The molecule has 0 saturated carbocycles. The molecule has 6 heteroatoms. The van der Waals surface area contributed by atoms with Crippen LogP contribution < -0.4 is 0 Å². The monoisotopic (exact) mass is 364 g/mol. The van der Waals surface area contributed by atoms with Gasteiger partial charge in [0.25, 0.3) is 0 Å². The molecule has 1 fully saturated rings. The minimum absolute atomic E-state index is 0.293. The lowest BCUT2D eigenvalue weighted by atomic mass is 10.1. The predicted octanol–water partition coefficient (Wildman–Crippen LogP) is 3.18. The van der Waals surface area contributed by atoms with Gasteiger partial charge in [0.05, 0.1) is 22.7 Å². The number of ether oxygens (including phenoxy) is 1. The predicted molar refractivity (Wildman–Crippen MR) is 101 cm³/mol. The lowest BCUT2D eigenvalue weighted by Gasteiger charge is -2.16. The summed E-state index contributed by atoms with van der Waals surface area (Å²) >= 11 is 0. The third-order valence-electron chi connectivity index (χ3n) is 5.07. The number of hydrogen-bond acceptors (Lipinski definition) is 4. The Bertz CT molecular complexity index is 976. The second kappa shape index (κ2) is 7.47. The number of nitriles is 1. The molecule has 2 atom stereocenters. The number of alkyl halides is 1. The maximum Gasteiger partial charge on any atom is 0.140 e. The largest absolute Gasteiger partial charge is 0.366 e. The van der Waals surface area contributed by atoms with Gasteiger partial charge in [0.15, 0.2) is 0 Å². The summed E-state index contributed by atoms with van der Waals surface area (Å²) in [4.78, 5) is 6.62. The van der Waals surface area contributed by atoms with Gasteiger partial charge < -0.3 is 9.30 Å². The molecule has 1 aliphatic rings. The van der Waals surface area contributed by atoms with Crippen molar-refractivity contribution in [2.24, 2.45) is 7.05 Å². The molecule has 0 radical (unpaired) electrons. The number of imidazole rings is 1. The molecule has 2 aromatic carbocycles. The molecule has 0 unspecified atom stereocenters. The van der Waals surface area contributed by atoms with Crippen molar-refractivity contribution < 1.29 is 9.13 Å². The highest BCUT2D eigenvalue weighted by Crippen LogP contribution is 2.21. The van der Waals surface area contributed by atoms with Crippen LogP contribution in [0.5, 0.6) is 0 Å². The van der Waals surface area contributed by atoms with Crippen molar-refractivity contribution in [3.8, 4) is 6.07 Å². The molecule has 0 spiro atoms. The minimum Gasteiger partial charge on any atom is -0.366 e. The van der Waals surface area contributed by atoms with Gasteiger partial charge in [0, 0.05) is 26.7 Å². The van der Waals surface area contributed by atoms with Crippen molar-refractivity contribution in [1.82, 2.24) is 14.5 Å². The summed E-state index contributed by atoms with van der Waals surface area (Å²) in [7, 11) is 1.95. The third-order valence-corrected chi connectivity index (χ3v) is 5.07. The van der Waals surface area contributed by atoms with Crippen LogP contribution in [-0.2, 0) is 24.9 Å². The molecule has 5 nitrogen and oxygen atoms in total. The first-order chi connectivity index (χ1) is 13.1. The number of para-hydroxylation sites is 2. The Balaban J connectivity index is 1.36. The molecule has 2 heterocycles. The van der Waals surface area contributed by atoms with E-state index in [1.807, 2.05) is 52.9 Å². The van der Waals surface area contributed by atoms with E-state index in [1.54, 1.807) is 12.1 Å². The van der Waals surface area contributed by atoms with Crippen molar-refractivity contribution >= 4 is 11.0 Å². The molecule has 1 saturated heterocycles. The molecule has 138 valence electrons. The number of fused-ring (bicyclic) bond motifs is 1. The van der Waals surface area contributed by atoms with Gasteiger partial charge in [-0.15, -0.1) is 0 Å². The van der Waals surface area contributed by atoms with Crippen LogP contribution in [0.4, 0.5) is 4.39 Å². The van der Waals surface area contributed by atoms with Gasteiger partial charge in [0.2, 0.25) is 0 Å². The fraction of sp³-hybridized carbons (Fsp3) is 0.333. The zero-order valence-corrected chi connectivity index (χ0v) is 15.2. The van der Waals surface area contributed by atoms with Crippen molar-refractivity contribution in [3.05, 3.63) is 65.5 Å². The van der Waals surface area contributed by atoms with Crippen molar-refractivity contribution in [3.63, 3.8) is 0 Å². The number of likely N-dealkylation sites (tertiary alicyclic amines) is 1. The van der Waals surface area contributed by atoms with E-state index in [9.17, 15) is 4.39 Å². The Morgan fingerprint density at radius 1 is 1.19 bits per heavy atom. The smallest absolute Gasteiger partial charge is 0.140 e. The number of nitrogens with zero attached hydrogens (tertiary/aromatic N) is 4. The molecule has 1 aliphatic heterocycles. The summed E-state index contributed by atoms with van der Waals surface area (Å²) in [5, 5.41) is 8.87. The highest BCUT2D eigenvalue weighted by molar-refractivity contribution is 5.75. The van der Waals surface area contributed by atoms with Crippen LogP contribution in [0.3, 0.4) is 0 Å². The maximum absolute atomic E-state index is 14.4. The van der Waals surface area contributed by atoms with E-state index < -0.39 is 12.3 Å². The van der Waals surface area contributed by atoms with Gasteiger partial charge in [-0.3, -0.25) is 4.90 Å². The number of aromatic nitrogens is 2. The molecular weight excluding hydrogens is 343 g/mol. The summed E-state index contributed by atoms with van der Waals surface area (Å²) < 4.78 is 22.3. The molecule has 0 bridgehead atoms. The first kappa shape index (κ1) is 17.7. The van der Waals surface area contributed by atoms with E-state index in [-0.39, 0.29) is 0 Å². The Morgan fingerprint density at radius 3 is 2.70 bits per heavy atom. The van der Waals surface area contributed by atoms with Gasteiger partial charge in [-0.2, -0.15) is 5.26 Å². The number of benzene rings is 2. The van der Waals surface area contributed by atoms with Crippen LogP contribution in [0.25, 0.3) is 11.0 Å². The fourth-order valence-corrected chi connectivity index (χ4v) is 3.54. The topological polar surface area (TPSA) is 54.1 Å². The van der Waals surface area contributed by atoms with Crippen molar-refractivity contribution in [1.29, 1.82) is 5.26 Å². The molecular formula is C21H21FN4O. The van der Waals surface area contributed by atoms with Crippen LogP contribution in [0, 0.1) is 11.3 Å². The Kier molecular flexibility index (Phi) is 4.88. The zero-order valence-electron chi connectivity index (χ0n) is 15.2. The standard InChI is InChI=1S/C21H21FN4O/c1-25-19-5-3-2-4-18(19)24-21(25)14-27-20-13-26(12-17(20)22)11-16-8-6-15(10-23)7-9-16/h2-9,17,20H,11-14H2,1H3/t17-,20+/m1/s1. The number of halogens is 1. The van der Waals surface area contributed by atoms with Gasteiger partial charge in [-0.25, -0.2) is 9.37 Å². The highest BCUT2D eigenvalue weighted by atomic mass is 19.1. The third kappa shape index (κ3) is 3.70. The molecule has 3 aromatic rings. The molecule has 0 amide bonds. The first-order valence-corrected chi connectivity index (χ1v) is 9.01. The minimum atomic E-state index is -1.02. The quantitative estimate of drug-likeness (QED) is 0.698. The Hall–Kier alpha value is -2.75. The van der Waals surface area contributed by atoms with Crippen LogP contribution >= 0.6 is 0 Å². The number of aryl methyl sites for hydroxylation is 1. The summed E-state index contributed by atoms with van der Waals surface area (Å²) in [6, 6.07) is 17.4. The summed E-state index contributed by atoms with van der Waals surface area (Å²) in [5.41, 5.74) is 3.66. The molecule has 4 rings (SSSR count). The summed E-state index contributed by atoms with van der Waals surface area (Å²) in [6.45, 7) is 1.84. The van der Waals surface area contributed by atoms with Gasteiger partial charge in [-0.05, 0) is 29.8 Å². The van der Waals surface area contributed by atoms with E-state index in [1.165, 1.54) is 0 Å². The van der Waals surface area contributed by atoms with E-state index in [0.29, 0.717) is 31.8 Å². The molecule has 0 N–H and O–H groups in total. The van der Waals surface area contributed by atoms with Crippen LogP contribution in [0.15, 0.2) is 48.5 Å². The second-order valence-electron chi connectivity index (χ2n) is 6.94. The average Bonchev–Trinajstić information content (AvgIpc) is 3.20. The van der Waals surface area contributed by atoms with Crippen LogP contribution in [0.2, 0.25) is 0 Å². The van der Waals surface area contributed by atoms with Gasteiger partial charge in [-0.1, -0.05) is 24.3 Å². The van der Waals surface area contributed by atoms with Crippen LogP contribution in [0.1, 0.15) is 17.0 Å². The van der Waals surface area contributed by atoms with Gasteiger partial charge >= 0.3 is 0 Å². The fourth-order valence-electron chi connectivity index (χ4n) is 3.54. The average molecular weight is 364 g/mol. The first-order valence-electron chi connectivity index (χ1n) is 9.01. The zero-order chi connectivity index (χ0) is 18.8. The number of hydrogen-bond donors (Lipinski definition) is 0. The highest BCUT2D eigenvalue weighted by Gasteiger charge is 2.33.